The second kappa shape index (κ2) is 20.4. The fraction of sp³-hybridized carbons (Fsp3) is 0.920. The molecule has 0 aliphatic carbocycles. The lowest BCUT2D eigenvalue weighted by atomic mass is 10.1. The minimum atomic E-state index is 0.897. The number of quaternary nitrogens is 1. The molecule has 0 aliphatic rings. The van der Waals surface area contributed by atoms with Crippen LogP contribution >= 0.6 is 0 Å². The predicted molar refractivity (Wildman–Crippen MR) is 122 cm³/mol. The zero-order chi connectivity index (χ0) is 20.1. The quantitative estimate of drug-likeness (QED) is 0.0849. The molecule has 2 nitrogen and oxygen atoms in total. The lowest BCUT2D eigenvalue weighted by Crippen LogP contribution is -2.49. The summed E-state index contributed by atoms with van der Waals surface area (Å²) in [6, 6.07) is 0. The van der Waals surface area contributed by atoms with Gasteiger partial charge in [0.05, 0.1) is 26.2 Å². The molecular formula is C25H52NO+. The van der Waals surface area contributed by atoms with E-state index in [1.165, 1.54) is 110 Å². The second-order valence-corrected chi connectivity index (χ2v) is 8.27. The van der Waals surface area contributed by atoms with Crippen molar-refractivity contribution in [2.45, 2.75) is 118 Å². The van der Waals surface area contributed by atoms with E-state index in [4.69, 9.17) is 4.74 Å². The molecule has 0 saturated carbocycles. The topological polar surface area (TPSA) is 9.23 Å². The van der Waals surface area contributed by atoms with Crippen LogP contribution in [0, 0.1) is 0 Å². The van der Waals surface area contributed by atoms with Crippen molar-refractivity contribution in [3.05, 3.63) is 12.2 Å². The Kier molecular flexibility index (Phi) is 20.1. The van der Waals surface area contributed by atoms with Crippen molar-refractivity contribution in [3.63, 3.8) is 0 Å². The van der Waals surface area contributed by atoms with Crippen molar-refractivity contribution in [1.82, 2.24) is 0 Å². The van der Waals surface area contributed by atoms with Crippen LogP contribution in [0.4, 0.5) is 0 Å². The van der Waals surface area contributed by atoms with Crippen LogP contribution in [0.5, 0.6) is 0 Å². The van der Waals surface area contributed by atoms with Crippen molar-refractivity contribution >= 4 is 0 Å². The molecule has 2 heteroatoms. The molecule has 162 valence electrons. The van der Waals surface area contributed by atoms with Crippen LogP contribution in [0.15, 0.2) is 12.2 Å². The molecule has 27 heavy (non-hydrogen) atoms. The first-order valence-corrected chi connectivity index (χ1v) is 12.3. The SMILES string of the molecule is CCCCCCCC/C=C\CCCCCCCCOC[N+](CC)(CC)CC. The highest BCUT2D eigenvalue weighted by molar-refractivity contribution is 4.81. The van der Waals surface area contributed by atoms with E-state index >= 15 is 0 Å². The predicted octanol–water partition coefficient (Wildman–Crippen LogP) is 7.87. The summed E-state index contributed by atoms with van der Waals surface area (Å²) in [5.41, 5.74) is 0. The van der Waals surface area contributed by atoms with Gasteiger partial charge in [0.2, 0.25) is 0 Å². The molecule has 0 atom stereocenters. The van der Waals surface area contributed by atoms with Crippen molar-refractivity contribution in [1.29, 1.82) is 0 Å². The minimum Gasteiger partial charge on any atom is -0.332 e. The lowest BCUT2D eigenvalue weighted by molar-refractivity contribution is -0.941. The Bertz CT molecular complexity index is 301. The van der Waals surface area contributed by atoms with Crippen LogP contribution in [0.3, 0.4) is 0 Å². The van der Waals surface area contributed by atoms with Crippen LogP contribution in [0.1, 0.15) is 118 Å². The van der Waals surface area contributed by atoms with E-state index in [9.17, 15) is 0 Å². The molecule has 0 aliphatic heterocycles. The van der Waals surface area contributed by atoms with Crippen LogP contribution in [-0.2, 0) is 4.74 Å². The number of rotatable bonds is 21. The van der Waals surface area contributed by atoms with Gasteiger partial charge in [-0.1, -0.05) is 76.9 Å². The Morgan fingerprint density at radius 3 is 1.48 bits per heavy atom. The lowest BCUT2D eigenvalue weighted by Gasteiger charge is -2.35. The second-order valence-electron chi connectivity index (χ2n) is 8.27. The molecular weight excluding hydrogens is 330 g/mol. The van der Waals surface area contributed by atoms with Gasteiger partial charge in [-0.15, -0.1) is 0 Å². The fourth-order valence-corrected chi connectivity index (χ4v) is 3.65. The third kappa shape index (κ3) is 16.3. The highest BCUT2D eigenvalue weighted by atomic mass is 16.5. The molecule has 0 amide bonds. The van der Waals surface area contributed by atoms with Gasteiger partial charge in [-0.2, -0.15) is 0 Å². The van der Waals surface area contributed by atoms with Gasteiger partial charge in [-0.3, -0.25) is 0 Å². The molecule has 0 unspecified atom stereocenters. The molecule has 0 spiro atoms. The average molecular weight is 383 g/mol. The van der Waals surface area contributed by atoms with E-state index in [0.29, 0.717) is 0 Å². The third-order valence-corrected chi connectivity index (χ3v) is 6.18. The Hall–Kier alpha value is -0.340. The molecule has 0 aromatic rings. The smallest absolute Gasteiger partial charge is 0.183 e. The van der Waals surface area contributed by atoms with E-state index in [-0.39, 0.29) is 0 Å². The molecule has 0 N–H and O–H groups in total. The summed E-state index contributed by atoms with van der Waals surface area (Å²) in [5, 5.41) is 0. The summed E-state index contributed by atoms with van der Waals surface area (Å²) < 4.78 is 7.06. The third-order valence-electron chi connectivity index (χ3n) is 6.18. The Morgan fingerprint density at radius 2 is 1.00 bits per heavy atom. The number of nitrogens with zero attached hydrogens (tertiary/aromatic N) is 1. The number of unbranched alkanes of at least 4 members (excludes halogenated alkanes) is 12. The fourth-order valence-electron chi connectivity index (χ4n) is 3.65. The van der Waals surface area contributed by atoms with Gasteiger partial charge in [0.25, 0.3) is 0 Å². The Labute approximate surface area is 172 Å². The van der Waals surface area contributed by atoms with E-state index < -0.39 is 0 Å². The normalized spacial score (nSPS) is 12.3. The van der Waals surface area contributed by atoms with E-state index in [2.05, 4.69) is 39.8 Å². The summed E-state index contributed by atoms with van der Waals surface area (Å²) in [6.07, 6.45) is 23.9. The Morgan fingerprint density at radius 1 is 0.556 bits per heavy atom. The molecule has 0 fully saturated rings. The summed E-state index contributed by atoms with van der Waals surface area (Å²) in [5.74, 6) is 0. The first-order chi connectivity index (χ1) is 13.2. The van der Waals surface area contributed by atoms with Crippen molar-refractivity contribution in [2.24, 2.45) is 0 Å². The van der Waals surface area contributed by atoms with Crippen molar-refractivity contribution in [2.75, 3.05) is 33.0 Å². The molecule has 0 heterocycles. The van der Waals surface area contributed by atoms with E-state index in [0.717, 1.165) is 17.8 Å². The van der Waals surface area contributed by atoms with Gasteiger partial charge in [-0.25, -0.2) is 0 Å². The summed E-state index contributed by atoms with van der Waals surface area (Å²) in [7, 11) is 0. The molecule has 0 saturated heterocycles. The first-order valence-electron chi connectivity index (χ1n) is 12.3. The van der Waals surface area contributed by atoms with E-state index in [1.807, 2.05) is 0 Å². The van der Waals surface area contributed by atoms with Gasteiger partial charge in [0.15, 0.2) is 6.73 Å². The Balaban J connectivity index is 3.28. The first kappa shape index (κ1) is 26.7. The highest BCUT2D eigenvalue weighted by Crippen LogP contribution is 2.11. The van der Waals surface area contributed by atoms with Gasteiger partial charge >= 0.3 is 0 Å². The highest BCUT2D eigenvalue weighted by Gasteiger charge is 2.20. The standard InChI is InChI=1S/C25H52NO/c1-5-9-10-11-12-13-14-15-16-17-18-19-20-21-22-23-24-27-25-26(6-2,7-3)8-4/h15-16H,5-14,17-25H2,1-4H3/q+1/b16-15-. The van der Waals surface area contributed by atoms with Gasteiger partial charge < -0.3 is 9.22 Å². The minimum absolute atomic E-state index is 0.897. The summed E-state index contributed by atoms with van der Waals surface area (Å²) >= 11 is 0. The maximum absolute atomic E-state index is 5.95. The number of hydrogen-bond acceptors (Lipinski definition) is 1. The molecule has 0 bridgehead atoms. The summed E-state index contributed by atoms with van der Waals surface area (Å²) in [6.45, 7) is 14.5. The number of hydrogen-bond donors (Lipinski definition) is 0. The van der Waals surface area contributed by atoms with Crippen LogP contribution in [0.25, 0.3) is 0 Å². The van der Waals surface area contributed by atoms with Crippen molar-refractivity contribution in [3.8, 4) is 0 Å². The molecule has 0 rings (SSSR count). The molecule has 0 aromatic heterocycles. The molecule has 0 radical (unpaired) electrons. The van der Waals surface area contributed by atoms with Crippen LogP contribution in [-0.4, -0.2) is 37.5 Å². The van der Waals surface area contributed by atoms with Crippen LogP contribution < -0.4 is 0 Å². The van der Waals surface area contributed by atoms with Crippen molar-refractivity contribution < 1.29 is 9.22 Å². The maximum Gasteiger partial charge on any atom is 0.183 e. The number of ether oxygens (including phenoxy) is 1. The average Bonchev–Trinajstić information content (AvgIpc) is 2.70. The largest absolute Gasteiger partial charge is 0.332 e. The van der Waals surface area contributed by atoms with Gasteiger partial charge in [0.1, 0.15) is 0 Å². The summed E-state index contributed by atoms with van der Waals surface area (Å²) in [4.78, 5) is 0. The van der Waals surface area contributed by atoms with Crippen LogP contribution in [0.2, 0.25) is 0 Å². The monoisotopic (exact) mass is 382 g/mol. The zero-order valence-corrected chi connectivity index (χ0v) is 19.4. The maximum atomic E-state index is 5.95. The van der Waals surface area contributed by atoms with Gasteiger partial charge in [0, 0.05) is 0 Å². The molecule has 0 aromatic carbocycles. The van der Waals surface area contributed by atoms with E-state index in [1.54, 1.807) is 0 Å². The van der Waals surface area contributed by atoms with Gasteiger partial charge in [-0.05, 0) is 52.9 Å². The number of allylic oxidation sites excluding steroid dienone is 2. The zero-order valence-electron chi connectivity index (χ0n) is 19.4.